The third-order valence-corrected chi connectivity index (χ3v) is 19.0. The van der Waals surface area contributed by atoms with Crippen molar-refractivity contribution < 1.29 is 80.2 Å². The van der Waals surface area contributed by atoms with E-state index in [0.717, 1.165) is 218 Å². The Bertz CT molecular complexity index is 2530. The van der Waals surface area contributed by atoms with E-state index in [2.05, 4.69) is 161 Å². The molecule has 0 spiro atoms. The molecule has 0 radical (unpaired) electrons. The highest BCUT2D eigenvalue weighted by Gasteiger charge is 2.30. The van der Waals surface area contributed by atoms with Gasteiger partial charge in [-0.25, -0.2) is 9.13 Å². The minimum atomic E-state index is -4.99. The number of allylic oxidation sites excluding steroid dienone is 22. The van der Waals surface area contributed by atoms with Gasteiger partial charge in [0.05, 0.1) is 26.4 Å². The summed E-state index contributed by atoms with van der Waals surface area (Å²) >= 11 is 0. The van der Waals surface area contributed by atoms with Gasteiger partial charge in [-0.05, 0) is 154 Å². The van der Waals surface area contributed by atoms with Crippen molar-refractivity contribution >= 4 is 39.5 Å². The highest BCUT2D eigenvalue weighted by molar-refractivity contribution is 7.47. The average molecular weight is 1530 g/mol. The molecule has 5 atom stereocenters. The lowest BCUT2D eigenvalue weighted by atomic mass is 10.1. The number of carbonyl (C=O) groups excluding carboxylic acids is 4. The zero-order valence-electron chi connectivity index (χ0n) is 66.6. The molecule has 608 valence electrons. The molecule has 5 unspecified atom stereocenters. The van der Waals surface area contributed by atoms with E-state index in [9.17, 15) is 43.2 Å². The minimum absolute atomic E-state index is 0.0716. The smallest absolute Gasteiger partial charge is 0.462 e. The maximum Gasteiger partial charge on any atom is 0.472 e. The number of phosphoric acid groups is 2. The van der Waals surface area contributed by atoms with Crippen LogP contribution in [0.5, 0.6) is 0 Å². The van der Waals surface area contributed by atoms with Crippen LogP contribution < -0.4 is 0 Å². The van der Waals surface area contributed by atoms with Crippen molar-refractivity contribution in [1.29, 1.82) is 0 Å². The van der Waals surface area contributed by atoms with Crippen molar-refractivity contribution in [3.05, 3.63) is 134 Å². The zero-order chi connectivity index (χ0) is 77.4. The molecule has 0 aromatic heterocycles. The van der Waals surface area contributed by atoms with Crippen LogP contribution in [0.1, 0.15) is 336 Å². The maximum absolute atomic E-state index is 13.1. The third-order valence-electron chi connectivity index (χ3n) is 17.1. The molecule has 0 aromatic rings. The Morgan fingerprint density at radius 1 is 0.274 bits per heavy atom. The van der Waals surface area contributed by atoms with Crippen molar-refractivity contribution in [1.82, 2.24) is 0 Å². The second kappa shape index (κ2) is 78.3. The summed E-state index contributed by atoms with van der Waals surface area (Å²) in [6.45, 7) is 4.55. The van der Waals surface area contributed by atoms with E-state index >= 15 is 0 Å². The molecule has 0 fully saturated rings. The van der Waals surface area contributed by atoms with Crippen molar-refractivity contribution in [2.24, 2.45) is 0 Å². The molecule has 0 aliphatic heterocycles. The number of aliphatic hydroxyl groups excluding tert-OH is 1. The van der Waals surface area contributed by atoms with Gasteiger partial charge < -0.3 is 33.8 Å². The Morgan fingerprint density at radius 2 is 0.509 bits per heavy atom. The quantitative estimate of drug-likeness (QED) is 0.0169. The normalized spacial score (nSPS) is 14.5. The summed E-state index contributed by atoms with van der Waals surface area (Å²) in [4.78, 5) is 73.1. The summed E-state index contributed by atoms with van der Waals surface area (Å²) in [5.74, 6) is -2.22. The molecule has 0 aromatic carbocycles. The van der Waals surface area contributed by atoms with Gasteiger partial charge in [-0.1, -0.05) is 290 Å². The van der Waals surface area contributed by atoms with Crippen LogP contribution in [0.4, 0.5) is 0 Å². The first-order chi connectivity index (χ1) is 51.7. The van der Waals surface area contributed by atoms with Gasteiger partial charge in [0.25, 0.3) is 0 Å². The van der Waals surface area contributed by atoms with E-state index in [1.54, 1.807) is 0 Å². The first-order valence-electron chi connectivity index (χ1n) is 41.4. The Kier molecular flexibility index (Phi) is 74.8. The number of unbranched alkanes of at least 4 members (excludes halogenated alkanes) is 29. The number of esters is 4. The predicted molar refractivity (Wildman–Crippen MR) is 436 cm³/mol. The van der Waals surface area contributed by atoms with Crippen LogP contribution in [0.15, 0.2) is 134 Å². The molecule has 17 nitrogen and oxygen atoms in total. The van der Waals surface area contributed by atoms with E-state index in [1.165, 1.54) is 38.5 Å². The number of hydrogen-bond donors (Lipinski definition) is 3. The van der Waals surface area contributed by atoms with Crippen LogP contribution in [0.3, 0.4) is 0 Å². The van der Waals surface area contributed by atoms with Crippen LogP contribution in [0, 0.1) is 0 Å². The number of ether oxygens (including phenoxy) is 4. The van der Waals surface area contributed by atoms with Crippen molar-refractivity contribution in [2.45, 2.75) is 354 Å². The lowest BCUT2D eigenvalue weighted by Crippen LogP contribution is -2.30. The number of carbonyl (C=O) groups is 4. The summed E-state index contributed by atoms with van der Waals surface area (Å²) in [5, 5.41) is 10.7. The fraction of sp³-hybridized carbons (Fsp3) is 0.701. The SMILES string of the molecule is CC/C=C\C/C=C\C/C=C\C/C=C\CCCCCCCCC(=O)OCC(COP(=O)(O)OCC(O)COP(=O)(O)OCC(COC(=O)CCCCCCC/C=C\CCCCCCCC)OC(=O)CCCCCCC/C=C\C/C=C\CCC)OC(=O)CCCCCCCC/C=C\C/C=C\C/C=C\C/C=C\CC. The average Bonchev–Trinajstić information content (AvgIpc) is 0.903. The van der Waals surface area contributed by atoms with Gasteiger partial charge in [0.1, 0.15) is 19.3 Å². The van der Waals surface area contributed by atoms with Gasteiger partial charge in [0.2, 0.25) is 0 Å². The molecular formula is C87H148O17P2. The molecule has 0 heterocycles. The first kappa shape index (κ1) is 101. The molecule has 0 amide bonds. The van der Waals surface area contributed by atoms with Crippen LogP contribution in [-0.4, -0.2) is 96.7 Å². The molecule has 3 N–H and O–H groups in total. The Morgan fingerprint density at radius 3 is 0.802 bits per heavy atom. The van der Waals surface area contributed by atoms with Gasteiger partial charge in [-0.15, -0.1) is 0 Å². The molecule has 0 saturated heterocycles. The maximum atomic E-state index is 13.1. The third kappa shape index (κ3) is 77.4. The topological polar surface area (TPSA) is 237 Å². The van der Waals surface area contributed by atoms with Gasteiger partial charge >= 0.3 is 39.5 Å². The van der Waals surface area contributed by atoms with Gasteiger partial charge in [-0.3, -0.25) is 37.3 Å². The molecule has 0 aliphatic rings. The van der Waals surface area contributed by atoms with Crippen molar-refractivity contribution in [3.63, 3.8) is 0 Å². The Balaban J connectivity index is 5.40. The highest BCUT2D eigenvalue weighted by atomic mass is 31.2. The summed E-state index contributed by atoms with van der Waals surface area (Å²) in [6.07, 6.45) is 88.4. The van der Waals surface area contributed by atoms with Crippen LogP contribution >= 0.6 is 15.6 Å². The molecule has 19 heteroatoms. The fourth-order valence-electron chi connectivity index (χ4n) is 10.8. The van der Waals surface area contributed by atoms with E-state index in [-0.39, 0.29) is 25.7 Å². The van der Waals surface area contributed by atoms with E-state index < -0.39 is 97.5 Å². The summed E-state index contributed by atoms with van der Waals surface area (Å²) in [5.41, 5.74) is 0. The molecule has 0 rings (SSSR count). The minimum Gasteiger partial charge on any atom is -0.462 e. The van der Waals surface area contributed by atoms with Crippen LogP contribution in [0.2, 0.25) is 0 Å². The summed E-state index contributed by atoms with van der Waals surface area (Å²) in [7, 11) is -9.98. The second-order valence-electron chi connectivity index (χ2n) is 27.3. The van der Waals surface area contributed by atoms with Gasteiger partial charge in [-0.2, -0.15) is 0 Å². The summed E-state index contributed by atoms with van der Waals surface area (Å²) in [6, 6.07) is 0. The number of aliphatic hydroxyl groups is 1. The highest BCUT2D eigenvalue weighted by Crippen LogP contribution is 2.45. The monoisotopic (exact) mass is 1530 g/mol. The Labute approximate surface area is 644 Å². The second-order valence-corrected chi connectivity index (χ2v) is 30.2. The zero-order valence-corrected chi connectivity index (χ0v) is 68.4. The van der Waals surface area contributed by atoms with Crippen molar-refractivity contribution in [3.8, 4) is 0 Å². The number of phosphoric ester groups is 2. The molecule has 106 heavy (non-hydrogen) atoms. The van der Waals surface area contributed by atoms with E-state index in [0.29, 0.717) is 25.7 Å². The van der Waals surface area contributed by atoms with E-state index in [1.807, 2.05) is 0 Å². The number of rotatable bonds is 77. The van der Waals surface area contributed by atoms with Crippen molar-refractivity contribution in [2.75, 3.05) is 39.6 Å². The molecular weight excluding hydrogens is 1380 g/mol. The van der Waals surface area contributed by atoms with Crippen LogP contribution in [0.25, 0.3) is 0 Å². The largest absolute Gasteiger partial charge is 0.472 e. The Hall–Kier alpha value is -4.80. The van der Waals surface area contributed by atoms with Gasteiger partial charge in [0, 0.05) is 25.7 Å². The van der Waals surface area contributed by atoms with E-state index in [4.69, 9.17) is 37.0 Å². The molecule has 0 saturated carbocycles. The first-order valence-corrected chi connectivity index (χ1v) is 44.4. The lowest BCUT2D eigenvalue weighted by Gasteiger charge is -2.21. The predicted octanol–water partition coefficient (Wildman–Crippen LogP) is 24.4. The van der Waals surface area contributed by atoms with Crippen LogP contribution in [-0.2, 0) is 65.4 Å². The van der Waals surface area contributed by atoms with Gasteiger partial charge in [0.15, 0.2) is 12.2 Å². The molecule has 0 bridgehead atoms. The summed E-state index contributed by atoms with van der Waals surface area (Å²) < 4.78 is 68.7. The number of hydrogen-bond acceptors (Lipinski definition) is 15. The molecule has 0 aliphatic carbocycles. The standard InChI is InChI=1S/C87H148O17P2/c1-5-9-13-17-21-25-29-33-36-38-40-42-45-49-52-56-60-64-68-72-85(90)98-78-83(104-87(92)74-70-66-62-58-54-50-46-43-41-39-37-34-30-26-22-18-14-10-6-2)80-102-106(95,96)100-76-81(88)75-99-105(93,94)101-79-82(103-86(91)73-69-65-61-57-53-47-32-28-24-20-16-12-8-4)77-97-84(89)71-67-63-59-55-51-48-44-35-31-27-23-19-15-11-7-3/h9-10,13-14,16,20-22,25-26,28,32-37,40-44,81-83,88H,5-8,11-12,15,17-19,23-24,27,29-31,38-39,45-80H2,1-4H3,(H,93,94)(H,95,96)/b13-9-,14-10-,20-16-,25-21-,26-22-,32-28-,36-33-,37-34-,42-40-,43-41-,44-35-. The fourth-order valence-corrected chi connectivity index (χ4v) is 12.4. The lowest BCUT2D eigenvalue weighted by molar-refractivity contribution is -0.161.